The summed E-state index contributed by atoms with van der Waals surface area (Å²) in [5, 5.41) is 12.3. The first-order valence-corrected chi connectivity index (χ1v) is 12.4. The lowest BCUT2D eigenvalue weighted by molar-refractivity contribution is 0.0949. The van der Waals surface area contributed by atoms with Crippen LogP contribution in [0.1, 0.15) is 49.2 Å². The van der Waals surface area contributed by atoms with Crippen LogP contribution in [0.2, 0.25) is 0 Å². The van der Waals surface area contributed by atoms with Gasteiger partial charge in [-0.25, -0.2) is 0 Å². The Hall–Kier alpha value is -2.37. The third-order valence-corrected chi connectivity index (χ3v) is 7.42. The van der Waals surface area contributed by atoms with E-state index >= 15 is 0 Å². The predicted octanol–water partition coefficient (Wildman–Crippen LogP) is 3.91. The highest BCUT2D eigenvalue weighted by Crippen LogP contribution is 2.51. The molecule has 2 aromatic rings. The first kappa shape index (κ1) is 23.8. The van der Waals surface area contributed by atoms with Gasteiger partial charge in [0.2, 0.25) is 0 Å². The van der Waals surface area contributed by atoms with Crippen LogP contribution in [-0.4, -0.2) is 55.2 Å². The Balaban J connectivity index is 1.21. The summed E-state index contributed by atoms with van der Waals surface area (Å²) >= 11 is 0. The molecule has 5 heteroatoms. The first-order chi connectivity index (χ1) is 15.8. The number of nitrogens with zero attached hydrogens (tertiary/aromatic N) is 2. The maximum atomic E-state index is 12.6. The van der Waals surface area contributed by atoms with Gasteiger partial charge in [0.15, 0.2) is 0 Å². The molecule has 4 rings (SSSR count). The van der Waals surface area contributed by atoms with Gasteiger partial charge in [-0.1, -0.05) is 45.0 Å². The van der Waals surface area contributed by atoms with Gasteiger partial charge in [0.25, 0.3) is 5.91 Å². The second kappa shape index (κ2) is 9.86. The fourth-order valence-electron chi connectivity index (χ4n) is 5.26. The van der Waals surface area contributed by atoms with E-state index in [0.717, 1.165) is 50.2 Å². The summed E-state index contributed by atoms with van der Waals surface area (Å²) < 4.78 is 0. The molecule has 2 aliphatic rings. The van der Waals surface area contributed by atoms with Crippen molar-refractivity contribution in [2.24, 2.45) is 17.8 Å². The number of nitrogens with one attached hydrogen (secondary N) is 1. The minimum atomic E-state index is 0.00697. The number of fused-ring (bicyclic) bond motifs is 1. The molecule has 0 radical (unpaired) electrons. The van der Waals surface area contributed by atoms with Crippen molar-refractivity contribution >= 4 is 11.6 Å². The van der Waals surface area contributed by atoms with Crippen LogP contribution in [0, 0.1) is 17.8 Å². The summed E-state index contributed by atoms with van der Waals surface area (Å²) in [6.07, 6.45) is 0. The molecule has 2 unspecified atom stereocenters. The molecule has 2 aromatic carbocycles. The fourth-order valence-corrected chi connectivity index (χ4v) is 5.26. The van der Waals surface area contributed by atoms with E-state index in [2.05, 4.69) is 67.1 Å². The minimum absolute atomic E-state index is 0.00697. The summed E-state index contributed by atoms with van der Waals surface area (Å²) in [5.41, 5.74) is 4.70. The van der Waals surface area contributed by atoms with Gasteiger partial charge >= 0.3 is 0 Å². The van der Waals surface area contributed by atoms with Crippen LogP contribution >= 0.6 is 0 Å². The molecule has 2 N–H and O–H groups in total. The Morgan fingerprint density at radius 1 is 1.06 bits per heavy atom. The van der Waals surface area contributed by atoms with Gasteiger partial charge in [-0.05, 0) is 65.5 Å². The smallest absolute Gasteiger partial charge is 0.251 e. The van der Waals surface area contributed by atoms with E-state index in [1.54, 1.807) is 0 Å². The normalized spacial score (nSPS) is 22.2. The molecule has 1 heterocycles. The van der Waals surface area contributed by atoms with Crippen molar-refractivity contribution in [1.82, 2.24) is 10.2 Å². The highest BCUT2D eigenvalue weighted by Gasteiger charge is 2.55. The Morgan fingerprint density at radius 3 is 2.24 bits per heavy atom. The summed E-state index contributed by atoms with van der Waals surface area (Å²) in [6, 6.07) is 16.8. The van der Waals surface area contributed by atoms with Crippen molar-refractivity contribution in [3.63, 3.8) is 0 Å². The topological polar surface area (TPSA) is 55.8 Å². The Bertz CT molecular complexity index is 921. The van der Waals surface area contributed by atoms with Crippen LogP contribution in [0.3, 0.4) is 0 Å². The molecule has 1 aliphatic carbocycles. The number of aliphatic hydroxyl groups excluding tert-OH is 1. The number of hydrogen-bond acceptors (Lipinski definition) is 4. The second-order valence-electron chi connectivity index (χ2n) is 10.7. The lowest BCUT2D eigenvalue weighted by Crippen LogP contribution is -2.30. The maximum Gasteiger partial charge on any atom is 0.251 e. The molecule has 1 saturated heterocycles. The van der Waals surface area contributed by atoms with Gasteiger partial charge in [0.1, 0.15) is 0 Å². The largest absolute Gasteiger partial charge is 0.395 e. The first-order valence-electron chi connectivity index (χ1n) is 12.4. The number of benzene rings is 2. The SMILES string of the molecule is CCN(CCO)c1ccc(C(=O)NCC2C3CN(Cc4ccc(C(C)(C)C)cc4)CC23)cc1. The van der Waals surface area contributed by atoms with Gasteiger partial charge in [-0.15, -0.1) is 0 Å². The zero-order valence-corrected chi connectivity index (χ0v) is 20.6. The fraction of sp³-hybridized carbons (Fsp3) is 0.536. The van der Waals surface area contributed by atoms with Crippen LogP contribution in [-0.2, 0) is 12.0 Å². The van der Waals surface area contributed by atoms with E-state index in [1.807, 2.05) is 24.3 Å². The number of anilines is 1. The Kier molecular flexibility index (Phi) is 7.10. The monoisotopic (exact) mass is 449 g/mol. The Morgan fingerprint density at radius 2 is 1.70 bits per heavy atom. The number of likely N-dealkylation sites (tertiary alicyclic amines) is 1. The van der Waals surface area contributed by atoms with E-state index in [-0.39, 0.29) is 17.9 Å². The van der Waals surface area contributed by atoms with E-state index in [9.17, 15) is 9.90 Å². The third kappa shape index (κ3) is 5.59. The number of likely N-dealkylation sites (N-methyl/N-ethyl adjacent to an activating group) is 1. The lowest BCUT2D eigenvalue weighted by Gasteiger charge is -2.22. The van der Waals surface area contributed by atoms with Crippen molar-refractivity contribution < 1.29 is 9.90 Å². The van der Waals surface area contributed by atoms with Gasteiger partial charge in [0.05, 0.1) is 6.61 Å². The van der Waals surface area contributed by atoms with Crippen LogP contribution in [0.4, 0.5) is 5.69 Å². The highest BCUT2D eigenvalue weighted by molar-refractivity contribution is 5.94. The van der Waals surface area contributed by atoms with Gasteiger partial charge in [-0.3, -0.25) is 9.69 Å². The van der Waals surface area contributed by atoms with Crippen molar-refractivity contribution in [3.05, 3.63) is 65.2 Å². The molecule has 1 amide bonds. The molecule has 2 fully saturated rings. The zero-order valence-electron chi connectivity index (χ0n) is 20.6. The lowest BCUT2D eigenvalue weighted by atomic mass is 9.87. The van der Waals surface area contributed by atoms with Gasteiger partial charge < -0.3 is 15.3 Å². The maximum absolute atomic E-state index is 12.6. The summed E-state index contributed by atoms with van der Waals surface area (Å²) in [5.74, 6) is 2.07. The van der Waals surface area contributed by atoms with Crippen LogP contribution in [0.15, 0.2) is 48.5 Å². The number of rotatable bonds is 9. The number of carbonyl (C=O) groups is 1. The average Bonchev–Trinajstić information content (AvgIpc) is 3.26. The predicted molar refractivity (Wildman–Crippen MR) is 135 cm³/mol. The third-order valence-electron chi connectivity index (χ3n) is 7.42. The Labute approximate surface area is 198 Å². The molecule has 178 valence electrons. The molecule has 2 atom stereocenters. The number of amides is 1. The van der Waals surface area contributed by atoms with Crippen molar-refractivity contribution in [3.8, 4) is 0 Å². The molecule has 0 aromatic heterocycles. The second-order valence-corrected chi connectivity index (χ2v) is 10.7. The van der Waals surface area contributed by atoms with Crippen molar-refractivity contribution in [1.29, 1.82) is 0 Å². The standard InChI is InChI=1S/C28H39N3O2/c1-5-31(14-15-32)23-12-8-21(9-13-23)27(33)29-16-24-25-18-30(19-26(24)25)17-20-6-10-22(11-7-20)28(2,3)4/h6-13,24-26,32H,5,14-19H2,1-4H3,(H,29,33). The molecule has 1 saturated carbocycles. The van der Waals surface area contributed by atoms with Gasteiger partial charge in [-0.2, -0.15) is 0 Å². The zero-order chi connectivity index (χ0) is 23.6. The van der Waals surface area contributed by atoms with Crippen LogP contribution < -0.4 is 10.2 Å². The van der Waals surface area contributed by atoms with E-state index in [1.165, 1.54) is 11.1 Å². The molecule has 0 bridgehead atoms. The minimum Gasteiger partial charge on any atom is -0.395 e. The number of hydrogen-bond donors (Lipinski definition) is 2. The van der Waals surface area contributed by atoms with Gasteiger partial charge in [0, 0.05) is 50.5 Å². The molecule has 1 aliphatic heterocycles. The molecular formula is C28H39N3O2. The quantitative estimate of drug-likeness (QED) is 0.610. The average molecular weight is 450 g/mol. The molecular weight excluding hydrogens is 410 g/mol. The van der Waals surface area contributed by atoms with E-state index in [4.69, 9.17) is 0 Å². The summed E-state index contributed by atoms with van der Waals surface area (Å²) in [6.45, 7) is 14.4. The van der Waals surface area contributed by atoms with Crippen LogP contribution in [0.25, 0.3) is 0 Å². The van der Waals surface area contributed by atoms with Crippen LogP contribution in [0.5, 0.6) is 0 Å². The summed E-state index contributed by atoms with van der Waals surface area (Å²) in [4.78, 5) is 17.3. The van der Waals surface area contributed by atoms with Crippen molar-refractivity contribution in [2.45, 2.75) is 39.7 Å². The summed E-state index contributed by atoms with van der Waals surface area (Å²) in [7, 11) is 0. The van der Waals surface area contributed by atoms with E-state index < -0.39 is 0 Å². The highest BCUT2D eigenvalue weighted by atomic mass is 16.3. The number of piperidine rings is 1. The molecule has 0 spiro atoms. The van der Waals surface area contributed by atoms with Crippen molar-refractivity contribution in [2.75, 3.05) is 44.2 Å². The van der Waals surface area contributed by atoms with E-state index in [0.29, 0.717) is 18.0 Å². The molecule has 33 heavy (non-hydrogen) atoms. The number of aliphatic hydroxyl groups is 1. The number of carbonyl (C=O) groups excluding carboxylic acids is 1. The molecule has 5 nitrogen and oxygen atoms in total.